The van der Waals surface area contributed by atoms with E-state index in [0.29, 0.717) is 0 Å². The number of aromatic carboxylic acids is 1. The van der Waals surface area contributed by atoms with Gasteiger partial charge in [0.05, 0.1) is 12.1 Å². The standard InChI is InChI=1S/C14H11ClFN3O3/c1-6(7-3-4-8(15)12(22-2)11(7)16)13-18-9(14(20)21)5-10(17)19-13/h3-5H,1H2,2H3,(H,20,21)(H2,17,18,19). The van der Waals surface area contributed by atoms with Crippen molar-refractivity contribution >= 4 is 29.0 Å². The number of methoxy groups -OCH3 is 1. The normalized spacial score (nSPS) is 10.3. The largest absolute Gasteiger partial charge is 0.492 e. The molecule has 0 saturated heterocycles. The molecule has 2 rings (SSSR count). The van der Waals surface area contributed by atoms with Gasteiger partial charge in [-0.25, -0.2) is 19.2 Å². The third kappa shape index (κ3) is 2.84. The number of anilines is 1. The first-order valence-corrected chi connectivity index (χ1v) is 6.32. The van der Waals surface area contributed by atoms with Gasteiger partial charge in [-0.1, -0.05) is 18.2 Å². The number of carbonyl (C=O) groups is 1. The smallest absolute Gasteiger partial charge is 0.354 e. The maximum absolute atomic E-state index is 14.4. The van der Waals surface area contributed by atoms with Crippen LogP contribution in [0.25, 0.3) is 5.57 Å². The number of carboxylic acids is 1. The average molecular weight is 324 g/mol. The number of hydrogen-bond donors (Lipinski definition) is 2. The number of rotatable bonds is 4. The Morgan fingerprint density at radius 1 is 1.45 bits per heavy atom. The van der Waals surface area contributed by atoms with Gasteiger partial charge in [-0.05, 0) is 12.1 Å². The van der Waals surface area contributed by atoms with E-state index in [4.69, 9.17) is 27.2 Å². The molecule has 1 aromatic carbocycles. The lowest BCUT2D eigenvalue weighted by Crippen LogP contribution is -2.08. The van der Waals surface area contributed by atoms with Crippen molar-refractivity contribution in [3.05, 3.63) is 52.7 Å². The number of hydrogen-bond acceptors (Lipinski definition) is 5. The van der Waals surface area contributed by atoms with Crippen LogP contribution in [0.1, 0.15) is 21.9 Å². The molecule has 3 N–H and O–H groups in total. The van der Waals surface area contributed by atoms with Gasteiger partial charge < -0.3 is 15.6 Å². The lowest BCUT2D eigenvalue weighted by Gasteiger charge is -2.11. The van der Waals surface area contributed by atoms with Crippen molar-refractivity contribution in [2.45, 2.75) is 0 Å². The molecule has 0 radical (unpaired) electrons. The van der Waals surface area contributed by atoms with Crippen LogP contribution < -0.4 is 10.5 Å². The van der Waals surface area contributed by atoms with Crippen LogP contribution in [-0.2, 0) is 0 Å². The molecular formula is C14H11ClFN3O3. The van der Waals surface area contributed by atoms with E-state index in [1.807, 2.05) is 0 Å². The molecule has 0 atom stereocenters. The molecule has 0 saturated carbocycles. The van der Waals surface area contributed by atoms with E-state index in [2.05, 4.69) is 16.5 Å². The van der Waals surface area contributed by atoms with Crippen LogP contribution in [0.3, 0.4) is 0 Å². The number of ether oxygens (including phenoxy) is 1. The van der Waals surface area contributed by atoms with Gasteiger partial charge in [0.1, 0.15) is 5.82 Å². The lowest BCUT2D eigenvalue weighted by molar-refractivity contribution is 0.0690. The van der Waals surface area contributed by atoms with Gasteiger partial charge in [0, 0.05) is 17.2 Å². The van der Waals surface area contributed by atoms with Crippen molar-refractivity contribution in [3.63, 3.8) is 0 Å². The third-order valence-corrected chi connectivity index (χ3v) is 3.11. The molecule has 2 aromatic rings. The molecule has 0 unspecified atom stereocenters. The van der Waals surface area contributed by atoms with Crippen LogP contribution in [-0.4, -0.2) is 28.2 Å². The van der Waals surface area contributed by atoms with Crippen LogP contribution in [0.5, 0.6) is 5.75 Å². The van der Waals surface area contributed by atoms with Crippen molar-refractivity contribution in [1.82, 2.24) is 9.97 Å². The maximum atomic E-state index is 14.4. The molecule has 0 aliphatic rings. The van der Waals surface area contributed by atoms with Gasteiger partial charge in [-0.3, -0.25) is 0 Å². The van der Waals surface area contributed by atoms with E-state index in [-0.39, 0.29) is 39.2 Å². The monoisotopic (exact) mass is 323 g/mol. The van der Waals surface area contributed by atoms with Crippen LogP contribution in [0.15, 0.2) is 24.8 Å². The predicted octanol–water partition coefficient (Wildman–Crippen LogP) is 2.62. The molecule has 1 aromatic heterocycles. The quantitative estimate of drug-likeness (QED) is 0.897. The molecule has 22 heavy (non-hydrogen) atoms. The molecule has 0 bridgehead atoms. The van der Waals surface area contributed by atoms with Crippen LogP contribution in [0.2, 0.25) is 5.02 Å². The Kier molecular flexibility index (Phi) is 4.27. The SMILES string of the molecule is C=C(c1nc(N)cc(C(=O)O)n1)c1ccc(Cl)c(OC)c1F. The molecule has 1 heterocycles. The Morgan fingerprint density at radius 3 is 2.73 bits per heavy atom. The van der Waals surface area contributed by atoms with Crippen LogP contribution in [0, 0.1) is 5.82 Å². The zero-order valence-electron chi connectivity index (χ0n) is 11.4. The molecule has 0 aliphatic heterocycles. The third-order valence-electron chi connectivity index (χ3n) is 2.81. The van der Waals surface area contributed by atoms with E-state index in [1.54, 1.807) is 0 Å². The highest BCUT2D eigenvalue weighted by Crippen LogP contribution is 2.33. The van der Waals surface area contributed by atoms with E-state index in [1.165, 1.54) is 19.2 Å². The first kappa shape index (κ1) is 15.7. The van der Waals surface area contributed by atoms with Gasteiger partial charge in [-0.2, -0.15) is 0 Å². The topological polar surface area (TPSA) is 98.3 Å². The second-order valence-electron chi connectivity index (χ2n) is 4.23. The highest BCUT2D eigenvalue weighted by molar-refractivity contribution is 6.32. The number of nitrogens with two attached hydrogens (primary N) is 1. The molecule has 0 spiro atoms. The van der Waals surface area contributed by atoms with Crippen molar-refractivity contribution in [2.24, 2.45) is 0 Å². The number of benzene rings is 1. The highest BCUT2D eigenvalue weighted by atomic mass is 35.5. The minimum absolute atomic E-state index is 0.0307. The molecule has 8 heteroatoms. The van der Waals surface area contributed by atoms with E-state index < -0.39 is 11.8 Å². The van der Waals surface area contributed by atoms with Crippen molar-refractivity contribution in [1.29, 1.82) is 0 Å². The summed E-state index contributed by atoms with van der Waals surface area (Å²) in [4.78, 5) is 18.7. The summed E-state index contributed by atoms with van der Waals surface area (Å²) < 4.78 is 19.2. The molecule has 114 valence electrons. The van der Waals surface area contributed by atoms with Crippen molar-refractivity contribution < 1.29 is 19.0 Å². The summed E-state index contributed by atoms with van der Waals surface area (Å²) in [5.41, 5.74) is 5.31. The zero-order chi connectivity index (χ0) is 16.4. The van der Waals surface area contributed by atoms with E-state index >= 15 is 0 Å². The summed E-state index contributed by atoms with van der Waals surface area (Å²) in [6.45, 7) is 3.69. The Morgan fingerprint density at radius 2 is 2.14 bits per heavy atom. The second kappa shape index (κ2) is 5.98. The fourth-order valence-corrected chi connectivity index (χ4v) is 2.01. The second-order valence-corrected chi connectivity index (χ2v) is 4.63. The van der Waals surface area contributed by atoms with Crippen LogP contribution in [0.4, 0.5) is 10.2 Å². The minimum Gasteiger partial charge on any atom is -0.492 e. The number of nitrogens with zero attached hydrogens (tertiary/aromatic N) is 2. The van der Waals surface area contributed by atoms with Crippen LogP contribution >= 0.6 is 11.6 Å². The summed E-state index contributed by atoms with van der Waals surface area (Å²) >= 11 is 5.82. The Labute approximate surface area is 130 Å². The van der Waals surface area contributed by atoms with E-state index in [0.717, 1.165) is 6.07 Å². The molecule has 0 amide bonds. The zero-order valence-corrected chi connectivity index (χ0v) is 12.2. The fraction of sp³-hybridized carbons (Fsp3) is 0.0714. The number of halogens is 2. The summed E-state index contributed by atoms with van der Waals surface area (Å²) in [7, 11) is 1.27. The summed E-state index contributed by atoms with van der Waals surface area (Å²) in [6, 6.07) is 3.89. The first-order valence-electron chi connectivity index (χ1n) is 5.94. The van der Waals surface area contributed by atoms with Gasteiger partial charge in [0.25, 0.3) is 0 Å². The van der Waals surface area contributed by atoms with Crippen molar-refractivity contribution in [2.75, 3.05) is 12.8 Å². The summed E-state index contributed by atoms with van der Waals surface area (Å²) in [5.74, 6) is -2.34. The molecule has 0 aliphatic carbocycles. The fourth-order valence-electron chi connectivity index (χ4n) is 1.78. The van der Waals surface area contributed by atoms with Gasteiger partial charge in [0.15, 0.2) is 23.1 Å². The van der Waals surface area contributed by atoms with Gasteiger partial charge in [0.2, 0.25) is 0 Å². The number of aromatic nitrogens is 2. The lowest BCUT2D eigenvalue weighted by atomic mass is 10.1. The molecule has 6 nitrogen and oxygen atoms in total. The summed E-state index contributed by atoms with van der Waals surface area (Å²) in [5, 5.41) is 9.07. The average Bonchev–Trinajstić information content (AvgIpc) is 2.46. The van der Waals surface area contributed by atoms with E-state index in [9.17, 15) is 9.18 Å². The molecular weight excluding hydrogens is 313 g/mol. The number of nitrogen functional groups attached to an aromatic ring is 1. The Bertz CT molecular complexity index is 780. The Balaban J connectivity index is 2.56. The van der Waals surface area contributed by atoms with Gasteiger partial charge in [-0.15, -0.1) is 0 Å². The summed E-state index contributed by atoms with van der Waals surface area (Å²) in [6.07, 6.45) is 0. The van der Waals surface area contributed by atoms with Gasteiger partial charge >= 0.3 is 5.97 Å². The maximum Gasteiger partial charge on any atom is 0.354 e. The number of carboxylic acid groups (broad SMARTS) is 1. The molecule has 0 fully saturated rings. The predicted molar refractivity (Wildman–Crippen MR) is 79.5 cm³/mol. The minimum atomic E-state index is -1.28. The van der Waals surface area contributed by atoms with Crippen molar-refractivity contribution in [3.8, 4) is 5.75 Å². The highest BCUT2D eigenvalue weighted by Gasteiger charge is 2.19. The Hall–Kier alpha value is -2.67. The first-order chi connectivity index (χ1) is 10.3.